The van der Waals surface area contributed by atoms with Crippen molar-refractivity contribution in [1.29, 1.82) is 0 Å². The van der Waals surface area contributed by atoms with Crippen molar-refractivity contribution in [3.8, 4) is 0 Å². The van der Waals surface area contributed by atoms with Crippen LogP contribution >= 0.6 is 0 Å². The van der Waals surface area contributed by atoms with Gasteiger partial charge >= 0.3 is 0 Å². The molecule has 31 heavy (non-hydrogen) atoms. The van der Waals surface area contributed by atoms with Crippen molar-refractivity contribution in [3.63, 3.8) is 0 Å². The number of rotatable bonds is 4. The van der Waals surface area contributed by atoms with Crippen LogP contribution < -0.4 is 5.32 Å². The summed E-state index contributed by atoms with van der Waals surface area (Å²) in [5, 5.41) is 4.05. The normalized spacial score (nSPS) is 20.3. The SMILES string of the molecule is O=C(NCC1CCC2(CCN(C(=O)c3ccncc3)CC2)O1)c1ccc2[nH]ccc2c1. The summed E-state index contributed by atoms with van der Waals surface area (Å²) in [6.07, 6.45) is 8.74. The van der Waals surface area contributed by atoms with Crippen molar-refractivity contribution in [2.75, 3.05) is 19.6 Å². The number of pyridine rings is 1. The van der Waals surface area contributed by atoms with E-state index >= 15 is 0 Å². The van der Waals surface area contributed by atoms with Crippen LogP contribution in [-0.2, 0) is 4.74 Å². The molecule has 1 spiro atoms. The van der Waals surface area contributed by atoms with E-state index in [4.69, 9.17) is 4.74 Å². The molecule has 1 atom stereocenters. The van der Waals surface area contributed by atoms with Crippen LogP contribution in [0.2, 0.25) is 0 Å². The number of aromatic amines is 1. The Balaban J connectivity index is 1.13. The average molecular weight is 418 g/mol. The van der Waals surface area contributed by atoms with Gasteiger partial charge in [-0.05, 0) is 62.1 Å². The molecule has 0 aliphatic carbocycles. The lowest BCUT2D eigenvalue weighted by Gasteiger charge is -2.39. The van der Waals surface area contributed by atoms with Gasteiger partial charge in [0.1, 0.15) is 0 Å². The molecule has 2 N–H and O–H groups in total. The summed E-state index contributed by atoms with van der Waals surface area (Å²) < 4.78 is 6.40. The first-order chi connectivity index (χ1) is 15.1. The molecular weight excluding hydrogens is 392 g/mol. The summed E-state index contributed by atoms with van der Waals surface area (Å²) in [4.78, 5) is 34.2. The van der Waals surface area contributed by atoms with Crippen LogP contribution in [0.5, 0.6) is 0 Å². The highest BCUT2D eigenvalue weighted by Crippen LogP contribution is 2.39. The molecule has 160 valence electrons. The number of hydrogen-bond donors (Lipinski definition) is 2. The molecule has 1 unspecified atom stereocenters. The number of aromatic nitrogens is 2. The maximum Gasteiger partial charge on any atom is 0.253 e. The van der Waals surface area contributed by atoms with Gasteiger partial charge in [-0.15, -0.1) is 0 Å². The van der Waals surface area contributed by atoms with E-state index in [0.29, 0.717) is 30.8 Å². The molecule has 7 heteroatoms. The number of carbonyl (C=O) groups excluding carboxylic acids is 2. The summed E-state index contributed by atoms with van der Waals surface area (Å²) in [5.74, 6) is -0.0242. The van der Waals surface area contributed by atoms with Gasteiger partial charge in [-0.3, -0.25) is 14.6 Å². The third kappa shape index (κ3) is 4.05. The lowest BCUT2D eigenvalue weighted by molar-refractivity contribution is -0.0712. The summed E-state index contributed by atoms with van der Waals surface area (Å²) in [6.45, 7) is 1.89. The molecule has 0 radical (unpaired) electrons. The Kier molecular flexibility index (Phi) is 5.19. The molecule has 0 saturated carbocycles. The predicted molar refractivity (Wildman–Crippen MR) is 117 cm³/mol. The Bertz CT molecular complexity index is 1090. The van der Waals surface area contributed by atoms with Crippen molar-refractivity contribution >= 4 is 22.7 Å². The topological polar surface area (TPSA) is 87.3 Å². The van der Waals surface area contributed by atoms with E-state index in [0.717, 1.165) is 36.6 Å². The highest BCUT2D eigenvalue weighted by molar-refractivity contribution is 5.98. The minimum atomic E-state index is -0.172. The minimum absolute atomic E-state index is 0.0161. The Hall–Kier alpha value is -3.19. The quantitative estimate of drug-likeness (QED) is 0.681. The van der Waals surface area contributed by atoms with Crippen LogP contribution in [0, 0.1) is 0 Å². The lowest BCUT2D eigenvalue weighted by Crippen LogP contribution is -2.47. The number of amides is 2. The number of carbonyl (C=O) groups is 2. The van der Waals surface area contributed by atoms with Crippen molar-refractivity contribution in [2.24, 2.45) is 0 Å². The minimum Gasteiger partial charge on any atom is -0.370 e. The average Bonchev–Trinajstić information content (AvgIpc) is 3.45. The fourth-order valence-corrected chi connectivity index (χ4v) is 4.70. The van der Waals surface area contributed by atoms with Gasteiger partial charge in [0.15, 0.2) is 0 Å². The number of piperidine rings is 1. The maximum absolute atomic E-state index is 12.7. The van der Waals surface area contributed by atoms with Crippen LogP contribution in [0.15, 0.2) is 55.0 Å². The first-order valence-corrected chi connectivity index (χ1v) is 10.8. The number of likely N-dealkylation sites (tertiary alicyclic amines) is 1. The molecule has 1 aromatic carbocycles. The van der Waals surface area contributed by atoms with Gasteiger partial charge < -0.3 is 19.9 Å². The van der Waals surface area contributed by atoms with E-state index in [1.165, 1.54) is 0 Å². The third-order valence-corrected chi connectivity index (χ3v) is 6.53. The molecule has 2 aliphatic heterocycles. The molecule has 5 rings (SSSR count). The molecule has 2 saturated heterocycles. The zero-order chi connectivity index (χ0) is 21.3. The van der Waals surface area contributed by atoms with Gasteiger partial charge in [-0.25, -0.2) is 0 Å². The Morgan fingerprint density at radius 1 is 1.10 bits per heavy atom. The van der Waals surface area contributed by atoms with Crippen molar-refractivity contribution in [1.82, 2.24) is 20.2 Å². The van der Waals surface area contributed by atoms with E-state index in [9.17, 15) is 9.59 Å². The van der Waals surface area contributed by atoms with E-state index in [2.05, 4.69) is 15.3 Å². The number of benzene rings is 1. The van der Waals surface area contributed by atoms with Crippen LogP contribution in [-0.4, -0.2) is 58.0 Å². The van der Waals surface area contributed by atoms with Crippen LogP contribution in [0.3, 0.4) is 0 Å². The molecule has 2 amide bonds. The van der Waals surface area contributed by atoms with Gasteiger partial charge in [0.05, 0.1) is 11.7 Å². The van der Waals surface area contributed by atoms with Gasteiger partial charge in [0.25, 0.3) is 11.8 Å². The molecule has 0 bridgehead atoms. The second kappa shape index (κ2) is 8.15. The van der Waals surface area contributed by atoms with Gasteiger partial charge in [-0.2, -0.15) is 0 Å². The summed E-state index contributed by atoms with van der Waals surface area (Å²) in [5.41, 5.74) is 2.18. The number of hydrogen-bond acceptors (Lipinski definition) is 4. The van der Waals surface area contributed by atoms with E-state index < -0.39 is 0 Å². The summed E-state index contributed by atoms with van der Waals surface area (Å²) in [7, 11) is 0. The number of fused-ring (bicyclic) bond motifs is 1. The number of ether oxygens (including phenoxy) is 1. The predicted octanol–water partition coefficient (Wildman–Crippen LogP) is 3.15. The number of H-pyrrole nitrogens is 1. The molecule has 2 aromatic heterocycles. The number of nitrogens with one attached hydrogen (secondary N) is 2. The molecule has 2 aliphatic rings. The van der Waals surface area contributed by atoms with E-state index in [-0.39, 0.29) is 23.5 Å². The highest BCUT2D eigenvalue weighted by Gasteiger charge is 2.43. The highest BCUT2D eigenvalue weighted by atomic mass is 16.5. The Labute approximate surface area is 180 Å². The van der Waals surface area contributed by atoms with Crippen LogP contribution in [0.1, 0.15) is 46.4 Å². The van der Waals surface area contributed by atoms with Gasteiger partial charge in [-0.1, -0.05) is 0 Å². The molecular formula is C24H26N4O3. The van der Waals surface area contributed by atoms with Crippen molar-refractivity contribution in [2.45, 2.75) is 37.4 Å². The molecule has 4 heterocycles. The monoisotopic (exact) mass is 418 g/mol. The largest absolute Gasteiger partial charge is 0.370 e. The maximum atomic E-state index is 12.7. The standard InChI is InChI=1S/C24H26N4O3/c29-22(19-1-2-21-18(15-19)6-12-26-21)27-16-20-3-7-24(31-20)8-13-28(14-9-24)23(30)17-4-10-25-11-5-17/h1-2,4-6,10-12,15,20,26H,3,7-9,13-14,16H2,(H,27,29). The van der Waals surface area contributed by atoms with Crippen LogP contribution in [0.4, 0.5) is 0 Å². The molecule has 2 fully saturated rings. The van der Waals surface area contributed by atoms with Crippen LogP contribution in [0.25, 0.3) is 10.9 Å². The third-order valence-electron chi connectivity index (χ3n) is 6.53. The molecule has 7 nitrogen and oxygen atoms in total. The second-order valence-electron chi connectivity index (χ2n) is 8.48. The fraction of sp³-hybridized carbons (Fsp3) is 0.375. The van der Waals surface area contributed by atoms with Crippen molar-refractivity contribution < 1.29 is 14.3 Å². The van der Waals surface area contributed by atoms with E-state index in [1.54, 1.807) is 24.5 Å². The van der Waals surface area contributed by atoms with E-state index in [1.807, 2.05) is 35.4 Å². The zero-order valence-corrected chi connectivity index (χ0v) is 17.3. The summed E-state index contributed by atoms with van der Waals surface area (Å²) >= 11 is 0. The zero-order valence-electron chi connectivity index (χ0n) is 17.3. The Morgan fingerprint density at radius 2 is 1.90 bits per heavy atom. The lowest BCUT2D eigenvalue weighted by atomic mass is 9.88. The van der Waals surface area contributed by atoms with Gasteiger partial charge in [0, 0.05) is 60.3 Å². The molecule has 3 aromatic rings. The number of nitrogens with zero attached hydrogens (tertiary/aromatic N) is 2. The smallest absolute Gasteiger partial charge is 0.253 e. The second-order valence-corrected chi connectivity index (χ2v) is 8.48. The fourth-order valence-electron chi connectivity index (χ4n) is 4.70. The first-order valence-electron chi connectivity index (χ1n) is 10.8. The summed E-state index contributed by atoms with van der Waals surface area (Å²) in [6, 6.07) is 11.1. The van der Waals surface area contributed by atoms with Gasteiger partial charge in [0.2, 0.25) is 0 Å². The Morgan fingerprint density at radius 3 is 2.71 bits per heavy atom. The first kappa shape index (κ1) is 19.8. The van der Waals surface area contributed by atoms with Crippen molar-refractivity contribution in [3.05, 3.63) is 66.1 Å².